The third kappa shape index (κ3) is 4.82. The molecule has 2 rings (SSSR count). The summed E-state index contributed by atoms with van der Waals surface area (Å²) < 4.78 is 0. The number of amides is 1. The smallest absolute Gasteiger partial charge is 0.238 e. The zero-order valence-corrected chi connectivity index (χ0v) is 14.5. The number of halogens is 1. The Balaban J connectivity index is 2.02. The molecule has 4 nitrogen and oxygen atoms in total. The lowest BCUT2D eigenvalue weighted by Crippen LogP contribution is -2.33. The Bertz CT molecular complexity index is 738. The van der Waals surface area contributed by atoms with Crippen molar-refractivity contribution in [3.05, 3.63) is 64.7 Å². The lowest BCUT2D eigenvalue weighted by molar-refractivity contribution is -0.115. The van der Waals surface area contributed by atoms with E-state index in [1.807, 2.05) is 36.4 Å². The molecule has 0 fully saturated rings. The van der Waals surface area contributed by atoms with Gasteiger partial charge in [0, 0.05) is 11.1 Å². The number of benzene rings is 2. The van der Waals surface area contributed by atoms with Gasteiger partial charge in [-0.05, 0) is 29.7 Å². The molecule has 5 heteroatoms. The van der Waals surface area contributed by atoms with Gasteiger partial charge < -0.3 is 10.6 Å². The third-order valence-corrected chi connectivity index (χ3v) is 3.92. The van der Waals surface area contributed by atoms with Crippen molar-refractivity contribution in [1.29, 1.82) is 5.26 Å². The van der Waals surface area contributed by atoms with Crippen LogP contribution in [0.4, 0.5) is 5.69 Å². The number of nitrogens with one attached hydrogen (secondary N) is 2. The fraction of sp³-hybridized carbons (Fsp3) is 0.263. The summed E-state index contributed by atoms with van der Waals surface area (Å²) in [5, 5.41) is 15.6. The van der Waals surface area contributed by atoms with E-state index >= 15 is 0 Å². The molecule has 0 aliphatic heterocycles. The highest BCUT2D eigenvalue weighted by Crippen LogP contribution is 2.22. The first kappa shape index (κ1) is 18.0. The van der Waals surface area contributed by atoms with Crippen LogP contribution in [0.3, 0.4) is 0 Å². The van der Waals surface area contributed by atoms with Crippen molar-refractivity contribution < 1.29 is 4.79 Å². The average Bonchev–Trinajstić information content (AvgIpc) is 2.56. The molecule has 0 heterocycles. The molecule has 24 heavy (non-hydrogen) atoms. The highest BCUT2D eigenvalue weighted by Gasteiger charge is 2.16. The van der Waals surface area contributed by atoms with Crippen LogP contribution in [-0.4, -0.2) is 12.5 Å². The van der Waals surface area contributed by atoms with Crippen molar-refractivity contribution >= 4 is 23.2 Å². The van der Waals surface area contributed by atoms with Gasteiger partial charge in [0.05, 0.1) is 17.8 Å². The van der Waals surface area contributed by atoms with E-state index in [2.05, 4.69) is 24.5 Å². The number of carbonyl (C=O) groups is 1. The summed E-state index contributed by atoms with van der Waals surface area (Å²) in [4.78, 5) is 12.2. The summed E-state index contributed by atoms with van der Waals surface area (Å²) in [5.41, 5.74) is 1.95. The second-order valence-electron chi connectivity index (χ2n) is 5.86. The molecule has 0 aliphatic carbocycles. The number of anilines is 1. The molecule has 0 saturated carbocycles. The predicted octanol–water partition coefficient (Wildman–Crippen LogP) is 4.14. The van der Waals surface area contributed by atoms with Gasteiger partial charge in [0.2, 0.25) is 5.91 Å². The van der Waals surface area contributed by atoms with Gasteiger partial charge in [0.25, 0.3) is 0 Å². The first-order chi connectivity index (χ1) is 11.5. The first-order valence-corrected chi connectivity index (χ1v) is 8.17. The van der Waals surface area contributed by atoms with E-state index in [1.165, 1.54) is 0 Å². The lowest BCUT2D eigenvalue weighted by atomic mass is 9.96. The van der Waals surface area contributed by atoms with Crippen molar-refractivity contribution in [2.24, 2.45) is 5.92 Å². The highest BCUT2D eigenvalue weighted by molar-refractivity contribution is 6.31. The molecule has 1 atom stereocenters. The molecule has 2 aromatic carbocycles. The summed E-state index contributed by atoms with van der Waals surface area (Å²) in [5.74, 6) is 0.122. The van der Waals surface area contributed by atoms with Gasteiger partial charge in [0.1, 0.15) is 6.07 Å². The summed E-state index contributed by atoms with van der Waals surface area (Å²) in [7, 11) is 0. The predicted molar refractivity (Wildman–Crippen MR) is 96.8 cm³/mol. The second kappa shape index (κ2) is 8.49. The fourth-order valence-corrected chi connectivity index (χ4v) is 2.69. The van der Waals surface area contributed by atoms with Gasteiger partial charge >= 0.3 is 0 Å². The van der Waals surface area contributed by atoms with Gasteiger partial charge in [-0.1, -0.05) is 55.8 Å². The van der Waals surface area contributed by atoms with Crippen molar-refractivity contribution in [2.45, 2.75) is 19.9 Å². The van der Waals surface area contributed by atoms with Gasteiger partial charge in [-0.15, -0.1) is 0 Å². The van der Waals surface area contributed by atoms with Crippen molar-refractivity contribution in [1.82, 2.24) is 5.32 Å². The van der Waals surface area contributed by atoms with Gasteiger partial charge in [-0.3, -0.25) is 4.79 Å². The van der Waals surface area contributed by atoms with Crippen LogP contribution >= 0.6 is 11.6 Å². The Labute approximate surface area is 147 Å². The molecule has 0 bridgehead atoms. The Morgan fingerprint density at radius 1 is 1.21 bits per heavy atom. The normalized spacial score (nSPS) is 11.8. The molecule has 0 saturated heterocycles. The topological polar surface area (TPSA) is 64.9 Å². The van der Waals surface area contributed by atoms with Crippen molar-refractivity contribution in [2.75, 3.05) is 11.9 Å². The van der Waals surface area contributed by atoms with Crippen LogP contribution in [0.15, 0.2) is 48.5 Å². The van der Waals surface area contributed by atoms with E-state index in [-0.39, 0.29) is 18.5 Å². The molecule has 2 aromatic rings. The Hall–Kier alpha value is -2.35. The van der Waals surface area contributed by atoms with E-state index < -0.39 is 0 Å². The summed E-state index contributed by atoms with van der Waals surface area (Å²) in [6.45, 7) is 4.36. The summed E-state index contributed by atoms with van der Waals surface area (Å²) in [6, 6.07) is 16.9. The van der Waals surface area contributed by atoms with Crippen LogP contribution in [0, 0.1) is 17.2 Å². The Morgan fingerprint density at radius 3 is 2.54 bits per heavy atom. The Morgan fingerprint density at radius 2 is 1.92 bits per heavy atom. The summed E-state index contributed by atoms with van der Waals surface area (Å²) in [6.07, 6.45) is 0. The number of nitrogens with zero attached hydrogens (tertiary/aromatic N) is 1. The lowest BCUT2D eigenvalue weighted by Gasteiger charge is -2.22. The van der Waals surface area contributed by atoms with E-state index in [1.54, 1.807) is 18.2 Å². The molecule has 0 radical (unpaired) electrons. The van der Waals surface area contributed by atoms with Crippen LogP contribution in [0.2, 0.25) is 5.02 Å². The quantitative estimate of drug-likeness (QED) is 0.830. The largest absolute Gasteiger partial charge is 0.324 e. The molecule has 124 valence electrons. The third-order valence-electron chi connectivity index (χ3n) is 3.68. The monoisotopic (exact) mass is 341 g/mol. The zero-order chi connectivity index (χ0) is 17.5. The molecule has 0 aromatic heterocycles. The molecule has 0 spiro atoms. The van der Waals surface area contributed by atoms with E-state index in [0.29, 0.717) is 22.2 Å². The molecule has 0 unspecified atom stereocenters. The first-order valence-electron chi connectivity index (χ1n) is 7.79. The minimum atomic E-state index is -0.213. The van der Waals surface area contributed by atoms with Crippen LogP contribution in [-0.2, 0) is 4.79 Å². The zero-order valence-electron chi connectivity index (χ0n) is 13.7. The molecule has 1 amide bonds. The summed E-state index contributed by atoms with van der Waals surface area (Å²) >= 11 is 5.93. The number of rotatable bonds is 6. The maximum atomic E-state index is 12.2. The standard InChI is InChI=1S/C19H20ClN3O/c1-13(2)19(14-6-4-3-5-7-14)22-12-18(24)23-17-10-16(20)9-8-15(17)11-21/h3-10,13,19,22H,12H2,1-2H3,(H,23,24)/t19-/m0/s1. The minimum absolute atomic E-state index is 0.0757. The SMILES string of the molecule is CC(C)[C@H](NCC(=O)Nc1cc(Cl)ccc1C#N)c1ccccc1. The van der Waals surface area contributed by atoms with Crippen molar-refractivity contribution in [3.8, 4) is 6.07 Å². The molecular weight excluding hydrogens is 322 g/mol. The van der Waals surface area contributed by atoms with Gasteiger partial charge in [0.15, 0.2) is 0 Å². The van der Waals surface area contributed by atoms with Gasteiger partial charge in [-0.25, -0.2) is 0 Å². The van der Waals surface area contributed by atoms with Crippen molar-refractivity contribution in [3.63, 3.8) is 0 Å². The number of hydrogen-bond donors (Lipinski definition) is 2. The highest BCUT2D eigenvalue weighted by atomic mass is 35.5. The number of hydrogen-bond acceptors (Lipinski definition) is 3. The van der Waals surface area contributed by atoms with E-state index in [4.69, 9.17) is 16.9 Å². The minimum Gasteiger partial charge on any atom is -0.324 e. The maximum absolute atomic E-state index is 12.2. The maximum Gasteiger partial charge on any atom is 0.238 e. The van der Waals surface area contributed by atoms with Crippen LogP contribution in [0.1, 0.15) is 31.0 Å². The average molecular weight is 342 g/mol. The number of nitriles is 1. The van der Waals surface area contributed by atoms with Crippen LogP contribution < -0.4 is 10.6 Å². The molecular formula is C19H20ClN3O. The van der Waals surface area contributed by atoms with E-state index in [0.717, 1.165) is 5.56 Å². The molecule has 0 aliphatic rings. The second-order valence-corrected chi connectivity index (χ2v) is 6.30. The molecule has 2 N–H and O–H groups in total. The number of carbonyl (C=O) groups excluding carboxylic acids is 1. The van der Waals surface area contributed by atoms with Gasteiger partial charge in [-0.2, -0.15) is 5.26 Å². The van der Waals surface area contributed by atoms with Crippen LogP contribution in [0.25, 0.3) is 0 Å². The van der Waals surface area contributed by atoms with Crippen LogP contribution in [0.5, 0.6) is 0 Å². The fourth-order valence-electron chi connectivity index (χ4n) is 2.51. The van der Waals surface area contributed by atoms with E-state index in [9.17, 15) is 4.79 Å². The Kier molecular flexibility index (Phi) is 6.36.